The number of benzene rings is 1. The van der Waals surface area contributed by atoms with Gasteiger partial charge in [-0.15, -0.1) is 0 Å². The lowest BCUT2D eigenvalue weighted by atomic mass is 9.80. The standard InChI is InChI=1S/C15H18FN/c1-9(2)10-3-5-14-12(7-10)13-8-11(16)4-6-15(13)17-14/h4,6,8-10,17H,3,5,7H2,1-2H3. The van der Waals surface area contributed by atoms with Crippen LogP contribution in [0.1, 0.15) is 31.5 Å². The van der Waals surface area contributed by atoms with Gasteiger partial charge < -0.3 is 4.98 Å². The third kappa shape index (κ3) is 1.76. The number of H-pyrrole nitrogens is 1. The number of fused-ring (bicyclic) bond motifs is 3. The van der Waals surface area contributed by atoms with E-state index >= 15 is 0 Å². The van der Waals surface area contributed by atoms with Gasteiger partial charge in [-0.2, -0.15) is 0 Å². The van der Waals surface area contributed by atoms with Gasteiger partial charge in [0.1, 0.15) is 5.82 Å². The van der Waals surface area contributed by atoms with E-state index in [1.54, 1.807) is 6.07 Å². The van der Waals surface area contributed by atoms with Crippen molar-refractivity contribution in [1.82, 2.24) is 4.98 Å². The monoisotopic (exact) mass is 231 g/mol. The van der Waals surface area contributed by atoms with Gasteiger partial charge in [0.05, 0.1) is 0 Å². The van der Waals surface area contributed by atoms with Crippen molar-refractivity contribution in [1.29, 1.82) is 0 Å². The van der Waals surface area contributed by atoms with Crippen LogP contribution >= 0.6 is 0 Å². The smallest absolute Gasteiger partial charge is 0.123 e. The van der Waals surface area contributed by atoms with Crippen LogP contribution in [0.15, 0.2) is 18.2 Å². The molecule has 1 aromatic heterocycles. The molecule has 1 N–H and O–H groups in total. The Bertz CT molecular complexity index is 553. The van der Waals surface area contributed by atoms with Gasteiger partial charge in [-0.25, -0.2) is 4.39 Å². The summed E-state index contributed by atoms with van der Waals surface area (Å²) in [6.07, 6.45) is 3.45. The predicted octanol–water partition coefficient (Wildman–Crippen LogP) is 4.07. The van der Waals surface area contributed by atoms with Gasteiger partial charge in [-0.1, -0.05) is 13.8 Å². The number of nitrogens with one attached hydrogen (secondary N) is 1. The van der Waals surface area contributed by atoms with Gasteiger partial charge in [0.25, 0.3) is 0 Å². The minimum Gasteiger partial charge on any atom is -0.358 e. The Balaban J connectivity index is 2.10. The molecule has 2 aromatic rings. The van der Waals surface area contributed by atoms with Crippen molar-refractivity contribution >= 4 is 10.9 Å². The maximum atomic E-state index is 13.3. The van der Waals surface area contributed by atoms with E-state index in [4.69, 9.17) is 0 Å². The summed E-state index contributed by atoms with van der Waals surface area (Å²) in [5.74, 6) is 1.32. The first kappa shape index (κ1) is 10.8. The summed E-state index contributed by atoms with van der Waals surface area (Å²) in [5.41, 5.74) is 3.76. The summed E-state index contributed by atoms with van der Waals surface area (Å²) in [6, 6.07) is 5.06. The zero-order chi connectivity index (χ0) is 12.0. The number of rotatable bonds is 1. The summed E-state index contributed by atoms with van der Waals surface area (Å²) in [6.45, 7) is 4.57. The highest BCUT2D eigenvalue weighted by atomic mass is 19.1. The second-order valence-electron chi connectivity index (χ2n) is 5.52. The maximum Gasteiger partial charge on any atom is 0.123 e. The van der Waals surface area contributed by atoms with Crippen molar-refractivity contribution in [2.45, 2.75) is 33.1 Å². The molecular weight excluding hydrogens is 213 g/mol. The average Bonchev–Trinajstić information content (AvgIpc) is 2.66. The number of aromatic amines is 1. The highest BCUT2D eigenvalue weighted by Gasteiger charge is 2.24. The average molecular weight is 231 g/mol. The highest BCUT2D eigenvalue weighted by Crippen LogP contribution is 2.34. The SMILES string of the molecule is CC(C)C1CCc2[nH]c3ccc(F)cc3c2C1. The normalized spacial score (nSPS) is 19.9. The van der Waals surface area contributed by atoms with Crippen LogP contribution in [0, 0.1) is 17.7 Å². The molecule has 1 aliphatic carbocycles. The van der Waals surface area contributed by atoms with Crippen molar-refractivity contribution in [2.75, 3.05) is 0 Å². The fraction of sp³-hybridized carbons (Fsp3) is 0.467. The van der Waals surface area contributed by atoms with Crippen LogP contribution < -0.4 is 0 Å². The molecule has 0 bridgehead atoms. The topological polar surface area (TPSA) is 15.8 Å². The Morgan fingerprint density at radius 2 is 2.18 bits per heavy atom. The minimum atomic E-state index is -0.133. The van der Waals surface area contributed by atoms with Gasteiger partial charge in [0.15, 0.2) is 0 Å². The number of aryl methyl sites for hydroxylation is 1. The first-order valence-electron chi connectivity index (χ1n) is 6.44. The molecule has 1 unspecified atom stereocenters. The third-order valence-electron chi connectivity index (χ3n) is 4.13. The minimum absolute atomic E-state index is 0.133. The summed E-state index contributed by atoms with van der Waals surface area (Å²) in [7, 11) is 0. The van der Waals surface area contributed by atoms with E-state index in [0.717, 1.165) is 29.7 Å². The van der Waals surface area contributed by atoms with Crippen molar-refractivity contribution in [3.63, 3.8) is 0 Å². The predicted molar refractivity (Wildman–Crippen MR) is 68.6 cm³/mol. The lowest BCUT2D eigenvalue weighted by Crippen LogP contribution is -2.18. The van der Waals surface area contributed by atoms with Gasteiger partial charge in [0, 0.05) is 16.6 Å². The number of halogens is 1. The Morgan fingerprint density at radius 3 is 2.94 bits per heavy atom. The van der Waals surface area contributed by atoms with E-state index in [1.165, 1.54) is 23.7 Å². The van der Waals surface area contributed by atoms with Gasteiger partial charge in [-0.3, -0.25) is 0 Å². The third-order valence-corrected chi connectivity index (χ3v) is 4.13. The maximum absolute atomic E-state index is 13.3. The summed E-state index contributed by atoms with van der Waals surface area (Å²) in [4.78, 5) is 3.44. The quantitative estimate of drug-likeness (QED) is 0.761. The molecule has 1 atom stereocenters. The Morgan fingerprint density at radius 1 is 1.35 bits per heavy atom. The number of hydrogen-bond acceptors (Lipinski definition) is 0. The molecule has 1 aliphatic rings. The molecular formula is C15H18FN. The fourth-order valence-corrected chi connectivity index (χ4v) is 2.99. The van der Waals surface area contributed by atoms with Gasteiger partial charge >= 0.3 is 0 Å². The Kier molecular flexibility index (Phi) is 2.46. The first-order chi connectivity index (χ1) is 8.15. The fourth-order valence-electron chi connectivity index (χ4n) is 2.99. The molecule has 1 nitrogen and oxygen atoms in total. The molecule has 0 saturated heterocycles. The molecule has 0 aliphatic heterocycles. The van der Waals surface area contributed by atoms with Crippen molar-refractivity contribution in [2.24, 2.45) is 11.8 Å². The molecule has 0 amide bonds. The summed E-state index contributed by atoms with van der Waals surface area (Å²) < 4.78 is 13.3. The molecule has 1 heterocycles. The molecule has 0 radical (unpaired) electrons. The largest absolute Gasteiger partial charge is 0.358 e. The molecule has 90 valence electrons. The van der Waals surface area contributed by atoms with Crippen LogP contribution in [0.25, 0.3) is 10.9 Å². The Hall–Kier alpha value is -1.31. The lowest BCUT2D eigenvalue weighted by molar-refractivity contribution is 0.342. The second-order valence-corrected chi connectivity index (χ2v) is 5.52. The van der Waals surface area contributed by atoms with Crippen LogP contribution in [-0.4, -0.2) is 4.98 Å². The molecule has 3 rings (SSSR count). The molecule has 0 spiro atoms. The summed E-state index contributed by atoms with van der Waals surface area (Å²) in [5, 5.41) is 1.09. The van der Waals surface area contributed by atoms with Crippen molar-refractivity contribution in [3.05, 3.63) is 35.3 Å². The van der Waals surface area contributed by atoms with E-state index in [0.29, 0.717) is 5.92 Å². The zero-order valence-corrected chi connectivity index (χ0v) is 10.4. The lowest BCUT2D eigenvalue weighted by Gasteiger charge is -2.25. The molecule has 1 aromatic carbocycles. The molecule has 0 fully saturated rings. The summed E-state index contributed by atoms with van der Waals surface area (Å²) >= 11 is 0. The van der Waals surface area contributed by atoms with Crippen molar-refractivity contribution < 1.29 is 4.39 Å². The van der Waals surface area contributed by atoms with Crippen molar-refractivity contribution in [3.8, 4) is 0 Å². The molecule has 2 heteroatoms. The van der Waals surface area contributed by atoms with Crippen LogP contribution in [0.2, 0.25) is 0 Å². The first-order valence-corrected chi connectivity index (χ1v) is 6.44. The van der Waals surface area contributed by atoms with E-state index in [2.05, 4.69) is 18.8 Å². The zero-order valence-electron chi connectivity index (χ0n) is 10.4. The van der Waals surface area contributed by atoms with Gasteiger partial charge in [-0.05, 0) is 54.9 Å². The van der Waals surface area contributed by atoms with Crippen LogP contribution in [0.4, 0.5) is 4.39 Å². The highest BCUT2D eigenvalue weighted by molar-refractivity contribution is 5.85. The number of aromatic nitrogens is 1. The van der Waals surface area contributed by atoms with Crippen LogP contribution in [0.3, 0.4) is 0 Å². The number of hydrogen-bond donors (Lipinski definition) is 1. The van der Waals surface area contributed by atoms with Crippen LogP contribution in [0.5, 0.6) is 0 Å². The molecule has 17 heavy (non-hydrogen) atoms. The Labute approximate surface area is 101 Å². The van der Waals surface area contributed by atoms with Gasteiger partial charge in [0.2, 0.25) is 0 Å². The molecule has 0 saturated carbocycles. The van der Waals surface area contributed by atoms with E-state index < -0.39 is 0 Å². The van der Waals surface area contributed by atoms with E-state index in [1.807, 2.05) is 6.07 Å². The second kappa shape index (κ2) is 3.86. The van der Waals surface area contributed by atoms with Crippen LogP contribution in [-0.2, 0) is 12.8 Å². The van der Waals surface area contributed by atoms with E-state index in [9.17, 15) is 4.39 Å². The van der Waals surface area contributed by atoms with E-state index in [-0.39, 0.29) is 5.82 Å².